The van der Waals surface area contributed by atoms with Crippen molar-refractivity contribution in [2.45, 2.75) is 49.5 Å². The maximum atomic E-state index is 7.27. The Hall–Kier alpha value is -5.70. The second-order valence-corrected chi connectivity index (χ2v) is 15.4. The summed E-state index contributed by atoms with van der Waals surface area (Å²) in [5.74, 6) is 1.40. The third kappa shape index (κ3) is 5.11. The van der Waals surface area contributed by atoms with Crippen LogP contribution in [0.5, 0.6) is 0 Å². The fraction of sp³-hybridized carbons (Fsp3) is 0.176. The van der Waals surface area contributed by atoms with Crippen LogP contribution >= 0.6 is 0 Å². The first-order chi connectivity index (χ1) is 26.1. The number of hydrogen-bond acceptors (Lipinski definition) is 1. The summed E-state index contributed by atoms with van der Waals surface area (Å²) in [6.07, 6.45) is 13.4. The normalized spacial score (nSPS) is 20.8. The van der Waals surface area contributed by atoms with E-state index in [0.717, 1.165) is 12.0 Å². The van der Waals surface area contributed by atoms with Crippen molar-refractivity contribution in [1.82, 2.24) is 4.57 Å². The van der Waals surface area contributed by atoms with Crippen molar-refractivity contribution in [3.05, 3.63) is 215 Å². The molecule has 0 spiro atoms. The Morgan fingerprint density at radius 3 is 2.25 bits per heavy atom. The van der Waals surface area contributed by atoms with E-state index in [1.54, 1.807) is 0 Å². The molecule has 2 nitrogen and oxygen atoms in total. The van der Waals surface area contributed by atoms with Gasteiger partial charge in [0.05, 0.1) is 11.0 Å². The fourth-order valence-electron chi connectivity index (χ4n) is 9.84. The van der Waals surface area contributed by atoms with Crippen LogP contribution in [0.25, 0.3) is 33.1 Å². The number of para-hydroxylation sites is 1. The topological polar surface area (TPSA) is 30.9 Å². The molecule has 2 N–H and O–H groups in total. The van der Waals surface area contributed by atoms with Crippen LogP contribution in [0.15, 0.2) is 182 Å². The molecule has 5 unspecified atom stereocenters. The number of rotatable bonds is 6. The molecule has 1 heterocycles. The van der Waals surface area contributed by atoms with Gasteiger partial charge in [-0.2, -0.15) is 0 Å². The molecule has 2 heteroatoms. The van der Waals surface area contributed by atoms with Crippen LogP contribution in [0, 0.1) is 5.92 Å². The Morgan fingerprint density at radius 1 is 0.698 bits per heavy atom. The molecule has 0 saturated heterocycles. The summed E-state index contributed by atoms with van der Waals surface area (Å²) in [4.78, 5) is 0. The van der Waals surface area contributed by atoms with Crippen LogP contribution in [0.3, 0.4) is 0 Å². The summed E-state index contributed by atoms with van der Waals surface area (Å²) in [7, 11) is 0. The first-order valence-electron chi connectivity index (χ1n) is 19.3. The van der Waals surface area contributed by atoms with E-state index >= 15 is 0 Å². The number of nitrogens with zero attached hydrogens (tertiary/aromatic N) is 1. The zero-order valence-corrected chi connectivity index (χ0v) is 30.2. The van der Waals surface area contributed by atoms with Crippen LogP contribution in [-0.2, 0) is 5.41 Å². The van der Waals surface area contributed by atoms with Gasteiger partial charge in [0.2, 0.25) is 0 Å². The van der Waals surface area contributed by atoms with Gasteiger partial charge in [0.25, 0.3) is 0 Å². The molecule has 258 valence electrons. The van der Waals surface area contributed by atoms with Gasteiger partial charge in [-0.25, -0.2) is 0 Å². The van der Waals surface area contributed by atoms with E-state index in [1.807, 2.05) is 0 Å². The van der Waals surface area contributed by atoms with E-state index in [1.165, 1.54) is 79.3 Å². The molecular formula is C51H44N2. The quantitative estimate of drug-likeness (QED) is 0.174. The molecule has 5 atom stereocenters. The predicted octanol–water partition coefficient (Wildman–Crippen LogP) is 12.4. The van der Waals surface area contributed by atoms with Gasteiger partial charge in [-0.05, 0) is 101 Å². The van der Waals surface area contributed by atoms with Gasteiger partial charge in [0.1, 0.15) is 0 Å². The molecule has 1 aromatic heterocycles. The average Bonchev–Trinajstić information content (AvgIpc) is 3.57. The highest BCUT2D eigenvalue weighted by molar-refractivity contribution is 6.09. The van der Waals surface area contributed by atoms with Crippen molar-refractivity contribution >= 4 is 27.4 Å². The van der Waals surface area contributed by atoms with Crippen molar-refractivity contribution in [3.8, 4) is 5.69 Å². The minimum atomic E-state index is -0.463. The van der Waals surface area contributed by atoms with Crippen molar-refractivity contribution in [3.63, 3.8) is 0 Å². The van der Waals surface area contributed by atoms with Crippen LogP contribution in [0.2, 0.25) is 0 Å². The highest BCUT2D eigenvalue weighted by Gasteiger charge is 2.38. The molecular weight excluding hydrogens is 641 g/mol. The Labute approximate surface area is 312 Å². The molecule has 0 saturated carbocycles. The standard InChI is InChI=1S/C51H44N2/c1-51(37-16-6-3-7-17-37,50(52)35-14-4-2-5-15-35)38-27-31-46-45-22-12-13-23-48(45)53(49(46)33-38)39-28-24-34(25-29-39)36-26-30-44-42-20-9-8-18-40(42)41-19-10-11-21-43(41)47(44)32-36/h2-9,11-18,20-25,27-33,36,41,43,50H,10,19,26,52H2,1H3. The minimum Gasteiger partial charge on any atom is -0.323 e. The van der Waals surface area contributed by atoms with E-state index in [-0.39, 0.29) is 6.04 Å². The number of aromatic nitrogens is 1. The second kappa shape index (κ2) is 12.8. The lowest BCUT2D eigenvalue weighted by Crippen LogP contribution is -2.37. The third-order valence-corrected chi connectivity index (χ3v) is 12.7. The Morgan fingerprint density at radius 2 is 1.42 bits per heavy atom. The van der Waals surface area contributed by atoms with Gasteiger partial charge in [0, 0.05) is 39.8 Å². The molecule has 3 aliphatic carbocycles. The monoisotopic (exact) mass is 684 g/mol. The fourth-order valence-corrected chi connectivity index (χ4v) is 9.84. The Bertz CT molecular complexity index is 2570. The molecule has 3 aliphatic rings. The molecule has 6 aromatic carbocycles. The van der Waals surface area contributed by atoms with Gasteiger partial charge in [0.15, 0.2) is 0 Å². The Kier molecular flexibility index (Phi) is 7.70. The molecule has 0 fully saturated rings. The Balaban J connectivity index is 1.07. The summed E-state index contributed by atoms with van der Waals surface area (Å²) in [5, 5.41) is 2.51. The van der Waals surface area contributed by atoms with Crippen molar-refractivity contribution in [1.29, 1.82) is 0 Å². The lowest BCUT2D eigenvalue weighted by molar-refractivity contribution is 0.457. The van der Waals surface area contributed by atoms with Crippen molar-refractivity contribution in [2.75, 3.05) is 0 Å². The summed E-state index contributed by atoms with van der Waals surface area (Å²) in [5.41, 5.74) is 21.3. The summed E-state index contributed by atoms with van der Waals surface area (Å²) in [6, 6.07) is 55.4. The molecule has 7 aromatic rings. The molecule has 0 aliphatic heterocycles. The van der Waals surface area contributed by atoms with Gasteiger partial charge in [-0.1, -0.05) is 152 Å². The largest absolute Gasteiger partial charge is 0.323 e. The lowest BCUT2D eigenvalue weighted by Gasteiger charge is -2.40. The highest BCUT2D eigenvalue weighted by Crippen LogP contribution is 2.52. The van der Waals surface area contributed by atoms with Crippen LogP contribution in [0.4, 0.5) is 0 Å². The van der Waals surface area contributed by atoms with Crippen LogP contribution in [0.1, 0.15) is 77.4 Å². The third-order valence-electron chi connectivity index (χ3n) is 12.7. The summed E-state index contributed by atoms with van der Waals surface area (Å²) in [6.45, 7) is 2.30. The SMILES string of the molecule is CC(c1ccccc1)(c1ccc2c3ccccc3n(-c3ccc(C4C=C5C(=CC4)c4ccccc4C4CCC=CC54)cc3)c2c1)C(N)c1ccccc1. The smallest absolute Gasteiger partial charge is 0.0544 e. The van der Waals surface area contributed by atoms with Crippen molar-refractivity contribution < 1.29 is 0 Å². The zero-order chi connectivity index (χ0) is 35.5. The van der Waals surface area contributed by atoms with Crippen LogP contribution < -0.4 is 5.73 Å². The van der Waals surface area contributed by atoms with E-state index in [9.17, 15) is 0 Å². The van der Waals surface area contributed by atoms with E-state index in [0.29, 0.717) is 17.8 Å². The molecule has 0 amide bonds. The number of hydrogen-bond donors (Lipinski definition) is 1. The zero-order valence-electron chi connectivity index (χ0n) is 30.2. The first-order valence-corrected chi connectivity index (χ1v) is 19.3. The van der Waals surface area contributed by atoms with Gasteiger partial charge in [-0.3, -0.25) is 0 Å². The lowest BCUT2D eigenvalue weighted by atomic mass is 9.64. The van der Waals surface area contributed by atoms with E-state index in [2.05, 4.69) is 187 Å². The molecule has 10 rings (SSSR count). The van der Waals surface area contributed by atoms with E-state index < -0.39 is 5.41 Å². The number of allylic oxidation sites excluding steroid dienone is 6. The number of fused-ring (bicyclic) bond motifs is 9. The van der Waals surface area contributed by atoms with Gasteiger partial charge in [-0.15, -0.1) is 0 Å². The maximum Gasteiger partial charge on any atom is 0.0544 e. The van der Waals surface area contributed by atoms with Gasteiger partial charge < -0.3 is 10.3 Å². The first kappa shape index (κ1) is 32.0. The molecule has 0 radical (unpaired) electrons. The second-order valence-electron chi connectivity index (χ2n) is 15.4. The molecule has 53 heavy (non-hydrogen) atoms. The average molecular weight is 685 g/mol. The molecule has 0 bridgehead atoms. The highest BCUT2D eigenvalue weighted by atomic mass is 15.0. The number of nitrogens with two attached hydrogens (primary N) is 1. The maximum absolute atomic E-state index is 7.27. The van der Waals surface area contributed by atoms with E-state index in [4.69, 9.17) is 5.73 Å². The number of benzene rings is 6. The van der Waals surface area contributed by atoms with Crippen LogP contribution in [-0.4, -0.2) is 4.57 Å². The summed E-state index contributed by atoms with van der Waals surface area (Å²) >= 11 is 0. The minimum absolute atomic E-state index is 0.239. The summed E-state index contributed by atoms with van der Waals surface area (Å²) < 4.78 is 2.45. The van der Waals surface area contributed by atoms with Crippen molar-refractivity contribution in [2.24, 2.45) is 11.7 Å². The van der Waals surface area contributed by atoms with Gasteiger partial charge >= 0.3 is 0 Å². The predicted molar refractivity (Wildman–Crippen MR) is 222 cm³/mol.